The lowest BCUT2D eigenvalue weighted by molar-refractivity contribution is 0.340. The molecule has 4 heteroatoms. The van der Waals surface area contributed by atoms with Gasteiger partial charge in [-0.2, -0.15) is 0 Å². The van der Waals surface area contributed by atoms with Crippen LogP contribution in [0.4, 0.5) is 11.5 Å². The Morgan fingerprint density at radius 1 is 0.958 bits per heavy atom. The molecule has 0 bridgehead atoms. The highest BCUT2D eigenvalue weighted by atomic mass is 16.5. The summed E-state index contributed by atoms with van der Waals surface area (Å²) in [5.41, 5.74) is 1.94. The molecule has 0 radical (unpaired) electrons. The fourth-order valence-electron chi connectivity index (χ4n) is 2.23. The molecule has 1 heterocycles. The third-order valence-electron chi connectivity index (χ3n) is 3.35. The van der Waals surface area contributed by atoms with Gasteiger partial charge in [0.25, 0.3) is 0 Å². The van der Waals surface area contributed by atoms with Gasteiger partial charge in [0.2, 0.25) is 0 Å². The molecule has 1 N–H and O–H groups in total. The zero-order valence-electron chi connectivity index (χ0n) is 13.5. The van der Waals surface area contributed by atoms with Crippen LogP contribution < -0.4 is 10.1 Å². The van der Waals surface area contributed by atoms with Crippen molar-refractivity contribution >= 4 is 17.3 Å². The van der Waals surface area contributed by atoms with E-state index < -0.39 is 0 Å². The Balaban J connectivity index is 1.89. The number of hydrogen-bond donors (Lipinski definition) is 1. The molecule has 3 aromatic rings. The minimum Gasteiger partial charge on any atom is -0.494 e. The molecule has 3 rings (SSSR count). The summed E-state index contributed by atoms with van der Waals surface area (Å²) in [5.74, 6) is 2.26. The number of pyridine rings is 1. The molecule has 0 saturated heterocycles. The van der Waals surface area contributed by atoms with Crippen molar-refractivity contribution in [2.45, 2.75) is 6.92 Å². The average molecular weight is 317 g/mol. The van der Waals surface area contributed by atoms with Crippen LogP contribution in [-0.2, 0) is 0 Å². The fourth-order valence-corrected chi connectivity index (χ4v) is 2.23. The molecule has 24 heavy (non-hydrogen) atoms. The first-order valence-electron chi connectivity index (χ1n) is 7.90. The zero-order valence-corrected chi connectivity index (χ0v) is 13.5. The molecule has 0 amide bonds. The molecule has 0 aliphatic rings. The van der Waals surface area contributed by atoms with Crippen LogP contribution >= 0.6 is 0 Å². The van der Waals surface area contributed by atoms with Crippen LogP contribution in [0, 0.1) is 0 Å². The maximum absolute atomic E-state index is 5.48. The van der Waals surface area contributed by atoms with Crippen LogP contribution in [0.2, 0.25) is 0 Å². The van der Waals surface area contributed by atoms with Gasteiger partial charge in [0, 0.05) is 17.4 Å². The first-order chi connectivity index (χ1) is 11.8. The molecule has 0 unspecified atom stereocenters. The Morgan fingerprint density at radius 3 is 2.38 bits per heavy atom. The van der Waals surface area contributed by atoms with Gasteiger partial charge in [0.15, 0.2) is 5.82 Å². The largest absolute Gasteiger partial charge is 0.494 e. The van der Waals surface area contributed by atoms with Gasteiger partial charge in [-0.3, -0.25) is 0 Å². The van der Waals surface area contributed by atoms with E-state index >= 15 is 0 Å². The lowest BCUT2D eigenvalue weighted by Crippen LogP contribution is -2.13. The predicted octanol–water partition coefficient (Wildman–Crippen LogP) is 4.67. The van der Waals surface area contributed by atoms with E-state index in [0.717, 1.165) is 22.8 Å². The summed E-state index contributed by atoms with van der Waals surface area (Å²) in [4.78, 5) is 8.92. The van der Waals surface area contributed by atoms with E-state index in [1.165, 1.54) is 0 Å². The molecule has 0 saturated carbocycles. The quantitative estimate of drug-likeness (QED) is 0.549. The summed E-state index contributed by atoms with van der Waals surface area (Å²) < 4.78 is 5.48. The van der Waals surface area contributed by atoms with Crippen molar-refractivity contribution in [1.82, 2.24) is 4.98 Å². The van der Waals surface area contributed by atoms with Crippen molar-refractivity contribution in [2.75, 3.05) is 11.9 Å². The average Bonchev–Trinajstić information content (AvgIpc) is 2.65. The lowest BCUT2D eigenvalue weighted by Gasteiger charge is -2.11. The third-order valence-corrected chi connectivity index (χ3v) is 3.35. The van der Waals surface area contributed by atoms with Crippen LogP contribution in [0.25, 0.3) is 0 Å². The number of amidine groups is 1. The number of anilines is 1. The van der Waals surface area contributed by atoms with Crippen LogP contribution in [0.15, 0.2) is 84.0 Å². The van der Waals surface area contributed by atoms with Crippen molar-refractivity contribution in [2.24, 2.45) is 4.99 Å². The Morgan fingerprint density at radius 2 is 1.71 bits per heavy atom. The van der Waals surface area contributed by atoms with E-state index in [2.05, 4.69) is 15.3 Å². The summed E-state index contributed by atoms with van der Waals surface area (Å²) in [6.45, 7) is 2.63. The molecule has 4 nitrogen and oxygen atoms in total. The highest BCUT2D eigenvalue weighted by Crippen LogP contribution is 2.18. The van der Waals surface area contributed by atoms with Crippen molar-refractivity contribution in [1.29, 1.82) is 0 Å². The minimum atomic E-state index is 0.656. The van der Waals surface area contributed by atoms with Gasteiger partial charge < -0.3 is 10.1 Å². The topological polar surface area (TPSA) is 46.5 Å². The van der Waals surface area contributed by atoms with Crippen molar-refractivity contribution in [3.8, 4) is 5.75 Å². The Labute approximate surface area is 141 Å². The second-order valence-electron chi connectivity index (χ2n) is 5.10. The number of nitrogens with one attached hydrogen (secondary N) is 1. The van der Waals surface area contributed by atoms with Crippen molar-refractivity contribution < 1.29 is 4.74 Å². The van der Waals surface area contributed by atoms with Gasteiger partial charge in [-0.15, -0.1) is 0 Å². The van der Waals surface area contributed by atoms with Crippen LogP contribution in [0.1, 0.15) is 12.5 Å². The smallest absolute Gasteiger partial charge is 0.154 e. The van der Waals surface area contributed by atoms with Crippen molar-refractivity contribution in [3.05, 3.63) is 84.6 Å². The van der Waals surface area contributed by atoms with Gasteiger partial charge >= 0.3 is 0 Å². The first-order valence-corrected chi connectivity index (χ1v) is 7.90. The van der Waals surface area contributed by atoms with Gasteiger partial charge in [0.1, 0.15) is 11.6 Å². The molecule has 0 atom stereocenters. The van der Waals surface area contributed by atoms with E-state index in [0.29, 0.717) is 12.4 Å². The summed E-state index contributed by atoms with van der Waals surface area (Å²) in [5, 5.41) is 3.37. The van der Waals surface area contributed by atoms with Gasteiger partial charge in [-0.1, -0.05) is 36.4 Å². The van der Waals surface area contributed by atoms with Crippen LogP contribution in [0.3, 0.4) is 0 Å². The zero-order chi connectivity index (χ0) is 16.6. The SMILES string of the molecule is CCOc1ccc(N/C(=N/c2ccccn2)c2ccccc2)cc1. The van der Waals surface area contributed by atoms with E-state index in [1.807, 2.05) is 79.7 Å². The fraction of sp³-hybridized carbons (Fsp3) is 0.100. The predicted molar refractivity (Wildman–Crippen MR) is 98.1 cm³/mol. The molecule has 1 aromatic heterocycles. The number of aromatic nitrogens is 1. The highest BCUT2D eigenvalue weighted by Gasteiger charge is 2.05. The standard InChI is InChI=1S/C20H19N3O/c1-2-24-18-13-11-17(12-14-18)22-20(16-8-4-3-5-9-16)23-19-10-6-7-15-21-19/h3-15H,2H2,1H3,(H,21,22,23). The number of rotatable bonds is 5. The second kappa shape index (κ2) is 7.92. The summed E-state index contributed by atoms with van der Waals surface area (Å²) in [6.07, 6.45) is 1.73. The Bertz CT molecular complexity index is 784. The molecule has 120 valence electrons. The summed E-state index contributed by atoms with van der Waals surface area (Å²) in [7, 11) is 0. The molecule has 0 spiro atoms. The number of benzene rings is 2. The second-order valence-corrected chi connectivity index (χ2v) is 5.10. The van der Waals surface area contributed by atoms with Gasteiger partial charge in [-0.05, 0) is 43.3 Å². The first kappa shape index (κ1) is 15.7. The minimum absolute atomic E-state index is 0.656. The Hall–Kier alpha value is -3.14. The van der Waals surface area contributed by atoms with Crippen LogP contribution in [-0.4, -0.2) is 17.4 Å². The van der Waals surface area contributed by atoms with E-state index in [-0.39, 0.29) is 0 Å². The monoisotopic (exact) mass is 317 g/mol. The molecule has 0 aliphatic carbocycles. The summed E-state index contributed by atoms with van der Waals surface area (Å²) in [6, 6.07) is 23.5. The molecular weight excluding hydrogens is 298 g/mol. The maximum atomic E-state index is 5.48. The highest BCUT2D eigenvalue weighted by molar-refractivity contribution is 6.09. The molecular formula is C20H19N3O. The number of aliphatic imine (C=N–C) groups is 1. The van der Waals surface area contributed by atoms with E-state index in [1.54, 1.807) is 6.20 Å². The van der Waals surface area contributed by atoms with E-state index in [9.17, 15) is 0 Å². The van der Waals surface area contributed by atoms with Gasteiger partial charge in [0.05, 0.1) is 6.61 Å². The third kappa shape index (κ3) is 4.20. The van der Waals surface area contributed by atoms with Gasteiger partial charge in [-0.25, -0.2) is 9.98 Å². The summed E-state index contributed by atoms with van der Waals surface area (Å²) >= 11 is 0. The van der Waals surface area contributed by atoms with E-state index in [4.69, 9.17) is 4.74 Å². The molecule has 2 aromatic carbocycles. The lowest BCUT2D eigenvalue weighted by atomic mass is 10.2. The maximum Gasteiger partial charge on any atom is 0.154 e. The van der Waals surface area contributed by atoms with Crippen molar-refractivity contribution in [3.63, 3.8) is 0 Å². The normalized spacial score (nSPS) is 11.1. The number of hydrogen-bond acceptors (Lipinski definition) is 3. The molecule has 0 aliphatic heterocycles. The van der Waals surface area contributed by atoms with Crippen LogP contribution in [0.5, 0.6) is 5.75 Å². The number of nitrogens with zero attached hydrogens (tertiary/aromatic N) is 2. The number of ether oxygens (including phenoxy) is 1. The molecule has 0 fully saturated rings. The Kier molecular flexibility index (Phi) is 5.20.